The maximum Gasteiger partial charge on any atom is 0.318 e. The summed E-state index contributed by atoms with van der Waals surface area (Å²) in [6.45, 7) is 1.92. The van der Waals surface area contributed by atoms with E-state index >= 15 is 0 Å². The van der Waals surface area contributed by atoms with Gasteiger partial charge >= 0.3 is 6.03 Å². The normalized spacial score (nSPS) is 21.3. The molecule has 0 radical (unpaired) electrons. The van der Waals surface area contributed by atoms with Gasteiger partial charge in [0.1, 0.15) is 6.04 Å². The summed E-state index contributed by atoms with van der Waals surface area (Å²) in [5.74, 6) is 0.0452. The summed E-state index contributed by atoms with van der Waals surface area (Å²) in [5, 5.41) is 5.16. The molecule has 0 aliphatic carbocycles. The Labute approximate surface area is 173 Å². The van der Waals surface area contributed by atoms with Crippen LogP contribution in [0.2, 0.25) is 0 Å². The predicted octanol–water partition coefficient (Wildman–Crippen LogP) is 3.47. The minimum Gasteiger partial charge on any atom is -0.347 e. The molecule has 7 heteroatoms. The second-order valence-corrected chi connectivity index (χ2v) is 8.41. The molecule has 0 spiro atoms. The average Bonchev–Trinajstić information content (AvgIpc) is 3.49. The Morgan fingerprint density at radius 2 is 1.90 bits per heavy atom. The van der Waals surface area contributed by atoms with E-state index in [0.29, 0.717) is 19.5 Å². The molecule has 3 amide bonds. The number of hydrogen-bond donors (Lipinski definition) is 1. The molecule has 4 heterocycles. The van der Waals surface area contributed by atoms with Crippen LogP contribution in [0, 0.1) is 0 Å². The van der Waals surface area contributed by atoms with Gasteiger partial charge in [-0.1, -0.05) is 24.3 Å². The fourth-order valence-corrected chi connectivity index (χ4v) is 5.12. The number of hydrogen-bond acceptors (Lipinski definition) is 3. The zero-order chi connectivity index (χ0) is 19.8. The highest BCUT2D eigenvalue weighted by Crippen LogP contribution is 2.35. The molecule has 1 N–H and O–H groups in total. The maximum atomic E-state index is 13.2. The van der Waals surface area contributed by atoms with Crippen molar-refractivity contribution in [2.75, 3.05) is 18.0 Å². The number of nitrogens with zero attached hydrogens (tertiary/aromatic N) is 3. The summed E-state index contributed by atoms with van der Waals surface area (Å²) >= 11 is 1.66. The van der Waals surface area contributed by atoms with Crippen molar-refractivity contribution in [2.24, 2.45) is 0 Å². The number of carbonyl (C=O) groups is 2. The summed E-state index contributed by atoms with van der Waals surface area (Å²) < 4.78 is 2.21. The molecule has 0 saturated carbocycles. The van der Waals surface area contributed by atoms with Gasteiger partial charge in [0.2, 0.25) is 5.91 Å². The first-order valence-electron chi connectivity index (χ1n) is 9.82. The van der Waals surface area contributed by atoms with Gasteiger partial charge in [-0.25, -0.2) is 4.79 Å². The maximum absolute atomic E-state index is 13.2. The Morgan fingerprint density at radius 1 is 1.03 bits per heavy atom. The Balaban J connectivity index is 1.34. The smallest absolute Gasteiger partial charge is 0.318 e. The van der Waals surface area contributed by atoms with Crippen LogP contribution in [-0.4, -0.2) is 40.5 Å². The Kier molecular flexibility index (Phi) is 4.60. The molecular weight excluding hydrogens is 384 g/mol. The minimum absolute atomic E-state index is 0.0452. The largest absolute Gasteiger partial charge is 0.347 e. The second kappa shape index (κ2) is 7.40. The van der Waals surface area contributed by atoms with Gasteiger partial charge in [-0.2, -0.15) is 0 Å². The zero-order valence-electron chi connectivity index (χ0n) is 15.9. The molecule has 2 unspecified atom stereocenters. The third kappa shape index (κ3) is 3.31. The molecular formula is C22H22N4O2S. The van der Waals surface area contributed by atoms with Gasteiger partial charge in [0.25, 0.3) is 0 Å². The molecule has 0 bridgehead atoms. The van der Waals surface area contributed by atoms with Gasteiger partial charge in [-0.05, 0) is 35.7 Å². The van der Waals surface area contributed by atoms with E-state index in [2.05, 4.69) is 28.2 Å². The highest BCUT2D eigenvalue weighted by molar-refractivity contribution is 7.10. The summed E-state index contributed by atoms with van der Waals surface area (Å²) in [5.41, 5.74) is 2.00. The number of amides is 3. The molecule has 6 nitrogen and oxygen atoms in total. The van der Waals surface area contributed by atoms with Crippen LogP contribution in [0.4, 0.5) is 10.5 Å². The molecule has 1 aromatic carbocycles. The lowest BCUT2D eigenvalue weighted by molar-refractivity contribution is -0.117. The summed E-state index contributed by atoms with van der Waals surface area (Å²) in [7, 11) is 0. The van der Waals surface area contributed by atoms with Gasteiger partial charge in [0, 0.05) is 48.5 Å². The van der Waals surface area contributed by atoms with Crippen LogP contribution in [0.3, 0.4) is 0 Å². The van der Waals surface area contributed by atoms with E-state index in [4.69, 9.17) is 0 Å². The summed E-state index contributed by atoms with van der Waals surface area (Å²) in [6, 6.07) is 17.4. The molecule has 5 rings (SSSR count). The fourth-order valence-electron chi connectivity index (χ4n) is 4.27. The standard InChI is InChI=1S/C22H22N4O2S/c27-20-14-16(15-26(20)17-6-2-1-3-7-17)23-22(28)25-12-11-24-10-4-8-18(24)21(25)19-9-5-13-29-19/h1-10,13,16,21H,11-12,14-15H2,(H,23,28). The third-order valence-electron chi connectivity index (χ3n) is 5.63. The molecule has 3 aromatic rings. The number of rotatable bonds is 3. The number of para-hydroxylation sites is 1. The van der Waals surface area contributed by atoms with Gasteiger partial charge < -0.3 is 19.7 Å². The number of thiophene rings is 1. The monoisotopic (exact) mass is 406 g/mol. The Hall–Kier alpha value is -3.06. The number of anilines is 1. The van der Waals surface area contributed by atoms with Gasteiger partial charge in [0.05, 0.1) is 6.04 Å². The van der Waals surface area contributed by atoms with Gasteiger partial charge in [-0.15, -0.1) is 11.3 Å². The van der Waals surface area contributed by atoms with Crippen molar-refractivity contribution in [3.8, 4) is 0 Å². The first-order valence-corrected chi connectivity index (χ1v) is 10.7. The lowest BCUT2D eigenvalue weighted by atomic mass is 10.1. The fraction of sp³-hybridized carbons (Fsp3) is 0.273. The molecule has 2 aliphatic rings. The van der Waals surface area contributed by atoms with Crippen LogP contribution in [0.15, 0.2) is 66.2 Å². The van der Waals surface area contributed by atoms with Crippen molar-refractivity contribution < 1.29 is 9.59 Å². The van der Waals surface area contributed by atoms with Crippen LogP contribution in [-0.2, 0) is 11.3 Å². The van der Waals surface area contributed by atoms with E-state index in [-0.39, 0.29) is 24.0 Å². The third-order valence-corrected chi connectivity index (χ3v) is 6.56. The van der Waals surface area contributed by atoms with Crippen LogP contribution >= 0.6 is 11.3 Å². The first-order chi connectivity index (χ1) is 14.2. The number of aromatic nitrogens is 1. The number of urea groups is 1. The number of carbonyl (C=O) groups excluding carboxylic acids is 2. The predicted molar refractivity (Wildman–Crippen MR) is 113 cm³/mol. The summed E-state index contributed by atoms with van der Waals surface area (Å²) in [4.78, 5) is 30.5. The van der Waals surface area contributed by atoms with E-state index in [1.807, 2.05) is 52.7 Å². The lowest BCUT2D eigenvalue weighted by Gasteiger charge is -2.37. The molecule has 2 atom stereocenters. The van der Waals surface area contributed by atoms with Crippen LogP contribution in [0.5, 0.6) is 0 Å². The molecule has 2 aromatic heterocycles. The number of fused-ring (bicyclic) bond motifs is 1. The second-order valence-electron chi connectivity index (χ2n) is 7.43. The molecule has 29 heavy (non-hydrogen) atoms. The van der Waals surface area contributed by atoms with Crippen molar-refractivity contribution in [3.05, 3.63) is 76.7 Å². The highest BCUT2D eigenvalue weighted by Gasteiger charge is 2.36. The molecule has 1 saturated heterocycles. The van der Waals surface area contributed by atoms with E-state index in [1.54, 1.807) is 16.2 Å². The van der Waals surface area contributed by atoms with Crippen LogP contribution in [0.1, 0.15) is 23.0 Å². The lowest BCUT2D eigenvalue weighted by Crippen LogP contribution is -2.50. The molecule has 148 valence electrons. The van der Waals surface area contributed by atoms with Gasteiger partial charge in [0.15, 0.2) is 0 Å². The van der Waals surface area contributed by atoms with E-state index < -0.39 is 0 Å². The Morgan fingerprint density at radius 3 is 2.69 bits per heavy atom. The molecule has 2 aliphatic heterocycles. The quantitative estimate of drug-likeness (QED) is 0.724. The first kappa shape index (κ1) is 18.0. The molecule has 1 fully saturated rings. The van der Waals surface area contributed by atoms with Crippen molar-refractivity contribution in [3.63, 3.8) is 0 Å². The zero-order valence-corrected chi connectivity index (χ0v) is 16.7. The minimum atomic E-state index is -0.187. The Bertz CT molecular complexity index is 1010. The van der Waals surface area contributed by atoms with Crippen molar-refractivity contribution in [1.29, 1.82) is 0 Å². The van der Waals surface area contributed by atoms with Crippen molar-refractivity contribution in [1.82, 2.24) is 14.8 Å². The number of benzene rings is 1. The topological polar surface area (TPSA) is 57.6 Å². The number of nitrogens with one attached hydrogen (secondary N) is 1. The van der Waals surface area contributed by atoms with Crippen molar-refractivity contribution >= 4 is 29.0 Å². The van der Waals surface area contributed by atoms with E-state index in [1.165, 1.54) is 0 Å². The van der Waals surface area contributed by atoms with E-state index in [9.17, 15) is 9.59 Å². The highest BCUT2D eigenvalue weighted by atomic mass is 32.1. The average molecular weight is 407 g/mol. The van der Waals surface area contributed by atoms with Crippen molar-refractivity contribution in [2.45, 2.75) is 25.0 Å². The summed E-state index contributed by atoms with van der Waals surface area (Å²) in [6.07, 6.45) is 2.40. The van der Waals surface area contributed by atoms with Gasteiger partial charge in [-0.3, -0.25) is 4.79 Å². The van der Waals surface area contributed by atoms with Crippen LogP contribution in [0.25, 0.3) is 0 Å². The SMILES string of the molecule is O=C1CC(NC(=O)N2CCn3cccc3C2c2cccs2)CN1c1ccccc1. The van der Waals surface area contributed by atoms with Crippen LogP contribution < -0.4 is 10.2 Å². The van der Waals surface area contributed by atoms with E-state index in [0.717, 1.165) is 22.8 Å².